The molecule has 1 aromatic heterocycles. The van der Waals surface area contributed by atoms with Gasteiger partial charge in [-0.25, -0.2) is 4.98 Å². The molecule has 0 spiro atoms. The van der Waals surface area contributed by atoms with Gasteiger partial charge in [-0.1, -0.05) is 37.8 Å². The van der Waals surface area contributed by atoms with E-state index in [1.165, 1.54) is 37.6 Å². The predicted octanol–water partition coefficient (Wildman–Crippen LogP) is 5.57. The maximum Gasteiger partial charge on any atom is 0.125 e. The molecule has 0 bridgehead atoms. The Labute approximate surface area is 130 Å². The average molecular weight is 311 g/mol. The number of hydrogen-bond acceptors (Lipinski definition) is 1. The molecular weight excluding hydrogens is 291 g/mol. The van der Waals surface area contributed by atoms with Crippen molar-refractivity contribution in [1.29, 1.82) is 0 Å². The summed E-state index contributed by atoms with van der Waals surface area (Å²) in [5.41, 5.74) is 2.14. The molecule has 2 unspecified atom stereocenters. The maximum absolute atomic E-state index is 6.14. The van der Waals surface area contributed by atoms with Crippen LogP contribution in [0.1, 0.15) is 50.9 Å². The van der Waals surface area contributed by atoms with Crippen LogP contribution < -0.4 is 0 Å². The molecule has 1 fully saturated rings. The highest BCUT2D eigenvalue weighted by atomic mass is 35.5. The first-order chi connectivity index (χ1) is 9.74. The lowest BCUT2D eigenvalue weighted by Gasteiger charge is -2.33. The van der Waals surface area contributed by atoms with Crippen LogP contribution in [-0.2, 0) is 5.88 Å². The molecule has 2 aromatic rings. The molecule has 0 radical (unpaired) electrons. The molecule has 1 aliphatic carbocycles. The summed E-state index contributed by atoms with van der Waals surface area (Å²) in [6, 6.07) is 6.51. The first kappa shape index (κ1) is 14.2. The minimum Gasteiger partial charge on any atom is -0.324 e. The molecule has 1 saturated carbocycles. The molecule has 1 heterocycles. The van der Waals surface area contributed by atoms with Crippen LogP contribution in [0.15, 0.2) is 18.2 Å². The van der Waals surface area contributed by atoms with E-state index in [-0.39, 0.29) is 0 Å². The molecule has 4 heteroatoms. The second kappa shape index (κ2) is 5.95. The van der Waals surface area contributed by atoms with Crippen LogP contribution in [0.25, 0.3) is 11.0 Å². The van der Waals surface area contributed by atoms with Crippen LogP contribution in [0.4, 0.5) is 0 Å². The zero-order valence-electron chi connectivity index (χ0n) is 11.8. The number of rotatable bonds is 3. The fourth-order valence-electron chi connectivity index (χ4n) is 3.59. The lowest BCUT2D eigenvalue weighted by Crippen LogP contribution is -2.24. The average Bonchev–Trinajstić information content (AvgIpc) is 2.84. The summed E-state index contributed by atoms with van der Waals surface area (Å²) in [4.78, 5) is 4.68. The molecule has 3 rings (SSSR count). The van der Waals surface area contributed by atoms with Gasteiger partial charge in [0.15, 0.2) is 0 Å². The summed E-state index contributed by atoms with van der Waals surface area (Å²) < 4.78 is 2.38. The van der Waals surface area contributed by atoms with Crippen LogP contribution >= 0.6 is 23.2 Å². The van der Waals surface area contributed by atoms with E-state index in [1.54, 1.807) is 0 Å². The highest BCUT2D eigenvalue weighted by Gasteiger charge is 2.28. The second-order valence-electron chi connectivity index (χ2n) is 5.68. The molecule has 2 atom stereocenters. The van der Waals surface area contributed by atoms with Gasteiger partial charge in [0.25, 0.3) is 0 Å². The molecule has 20 heavy (non-hydrogen) atoms. The lowest BCUT2D eigenvalue weighted by molar-refractivity contribution is 0.234. The summed E-state index contributed by atoms with van der Waals surface area (Å²) >= 11 is 12.2. The summed E-state index contributed by atoms with van der Waals surface area (Å²) in [6.45, 7) is 2.29. The quantitative estimate of drug-likeness (QED) is 0.678. The van der Waals surface area contributed by atoms with Gasteiger partial charge in [-0.05, 0) is 37.0 Å². The third-order valence-corrected chi connectivity index (χ3v) is 5.04. The van der Waals surface area contributed by atoms with Gasteiger partial charge in [0.05, 0.1) is 16.9 Å². The Morgan fingerprint density at radius 1 is 1.30 bits per heavy atom. The number of imidazole rings is 1. The zero-order valence-corrected chi connectivity index (χ0v) is 13.3. The predicted molar refractivity (Wildman–Crippen MR) is 85.6 cm³/mol. The Morgan fingerprint density at radius 3 is 2.85 bits per heavy atom. The van der Waals surface area contributed by atoms with Crippen molar-refractivity contribution in [3.05, 3.63) is 29.0 Å². The number of halogens is 2. The van der Waals surface area contributed by atoms with E-state index in [1.807, 2.05) is 12.1 Å². The molecular formula is C16H20Cl2N2. The third-order valence-electron chi connectivity index (χ3n) is 4.57. The number of fused-ring (bicyclic) bond motifs is 1. The van der Waals surface area contributed by atoms with Gasteiger partial charge in [-0.3, -0.25) is 0 Å². The van der Waals surface area contributed by atoms with E-state index < -0.39 is 0 Å². The minimum atomic E-state index is 0.458. The molecule has 0 aliphatic heterocycles. The summed E-state index contributed by atoms with van der Waals surface area (Å²) in [7, 11) is 0. The first-order valence-corrected chi connectivity index (χ1v) is 8.38. The van der Waals surface area contributed by atoms with E-state index in [0.29, 0.717) is 11.9 Å². The topological polar surface area (TPSA) is 17.8 Å². The molecule has 2 nitrogen and oxygen atoms in total. The molecule has 0 N–H and O–H groups in total. The van der Waals surface area contributed by atoms with Gasteiger partial charge >= 0.3 is 0 Å². The van der Waals surface area contributed by atoms with Gasteiger partial charge < -0.3 is 4.57 Å². The van der Waals surface area contributed by atoms with Gasteiger partial charge in [-0.15, -0.1) is 11.6 Å². The Hall–Kier alpha value is -0.730. The van der Waals surface area contributed by atoms with Gasteiger partial charge in [0.2, 0.25) is 0 Å². The summed E-state index contributed by atoms with van der Waals surface area (Å²) in [5, 5.41) is 0.735. The number of alkyl halides is 1. The first-order valence-electron chi connectivity index (χ1n) is 7.47. The van der Waals surface area contributed by atoms with E-state index in [0.717, 1.165) is 22.3 Å². The zero-order chi connectivity index (χ0) is 14.1. The number of hydrogen-bond donors (Lipinski definition) is 0. The molecule has 0 saturated heterocycles. The van der Waals surface area contributed by atoms with Gasteiger partial charge in [-0.2, -0.15) is 0 Å². The SMILES string of the molecule is CCC1CCCCC1n1c(CCl)nc2cc(Cl)ccc21. The largest absolute Gasteiger partial charge is 0.324 e. The maximum atomic E-state index is 6.14. The van der Waals surface area contributed by atoms with E-state index in [9.17, 15) is 0 Å². The van der Waals surface area contributed by atoms with Crippen LogP contribution in [0, 0.1) is 5.92 Å². The van der Waals surface area contributed by atoms with Crippen LogP contribution in [0.2, 0.25) is 5.02 Å². The van der Waals surface area contributed by atoms with Crippen LogP contribution in [0.3, 0.4) is 0 Å². The molecule has 1 aliphatic rings. The van der Waals surface area contributed by atoms with Crippen LogP contribution in [-0.4, -0.2) is 9.55 Å². The Kier molecular flexibility index (Phi) is 4.23. The Bertz CT molecular complexity index is 606. The van der Waals surface area contributed by atoms with E-state index >= 15 is 0 Å². The van der Waals surface area contributed by atoms with Crippen molar-refractivity contribution >= 4 is 34.2 Å². The van der Waals surface area contributed by atoms with Gasteiger partial charge in [0, 0.05) is 11.1 Å². The van der Waals surface area contributed by atoms with Crippen molar-refractivity contribution in [2.75, 3.05) is 0 Å². The number of benzene rings is 1. The fourth-order valence-corrected chi connectivity index (χ4v) is 3.95. The lowest BCUT2D eigenvalue weighted by atomic mass is 9.82. The van der Waals surface area contributed by atoms with Crippen molar-refractivity contribution in [2.24, 2.45) is 5.92 Å². The highest BCUT2D eigenvalue weighted by Crippen LogP contribution is 2.39. The second-order valence-corrected chi connectivity index (χ2v) is 6.39. The van der Waals surface area contributed by atoms with Crippen molar-refractivity contribution in [3.63, 3.8) is 0 Å². The number of aromatic nitrogens is 2. The third kappa shape index (κ3) is 2.44. The fraction of sp³-hybridized carbons (Fsp3) is 0.562. The standard InChI is InChI=1S/C16H20Cl2N2/c1-2-11-5-3-4-6-14(11)20-15-8-7-12(18)9-13(15)19-16(20)10-17/h7-9,11,14H,2-6,10H2,1H3. The Morgan fingerprint density at radius 2 is 2.10 bits per heavy atom. The summed E-state index contributed by atoms with van der Waals surface area (Å²) in [6.07, 6.45) is 6.42. The van der Waals surface area contributed by atoms with Crippen molar-refractivity contribution < 1.29 is 0 Å². The smallest absolute Gasteiger partial charge is 0.125 e. The molecule has 0 amide bonds. The highest BCUT2D eigenvalue weighted by molar-refractivity contribution is 6.31. The molecule has 1 aromatic carbocycles. The normalized spacial score (nSPS) is 23.4. The number of nitrogens with zero attached hydrogens (tertiary/aromatic N) is 2. The van der Waals surface area contributed by atoms with Crippen molar-refractivity contribution in [1.82, 2.24) is 9.55 Å². The minimum absolute atomic E-state index is 0.458. The molecule has 108 valence electrons. The van der Waals surface area contributed by atoms with Crippen LogP contribution in [0.5, 0.6) is 0 Å². The van der Waals surface area contributed by atoms with E-state index in [4.69, 9.17) is 23.2 Å². The monoisotopic (exact) mass is 310 g/mol. The van der Waals surface area contributed by atoms with Crippen molar-refractivity contribution in [2.45, 2.75) is 50.9 Å². The van der Waals surface area contributed by atoms with Crippen molar-refractivity contribution in [3.8, 4) is 0 Å². The van der Waals surface area contributed by atoms with E-state index in [2.05, 4.69) is 22.5 Å². The summed E-state index contributed by atoms with van der Waals surface area (Å²) in [5.74, 6) is 2.17. The Balaban J connectivity index is 2.13. The van der Waals surface area contributed by atoms with Gasteiger partial charge in [0.1, 0.15) is 5.82 Å².